The summed E-state index contributed by atoms with van der Waals surface area (Å²) in [6.45, 7) is 21.2. The Morgan fingerprint density at radius 3 is 1.07 bits per heavy atom. The molecule has 0 atom stereocenters. The van der Waals surface area contributed by atoms with E-state index in [2.05, 4.69) is 23.9 Å². The van der Waals surface area contributed by atoms with Crippen LogP contribution in [0.25, 0.3) is 0 Å². The van der Waals surface area contributed by atoms with E-state index in [0.29, 0.717) is 6.61 Å². The molecule has 0 spiro atoms. The molecule has 0 aliphatic rings. The van der Waals surface area contributed by atoms with Gasteiger partial charge in [-0.2, -0.15) is 0 Å². The van der Waals surface area contributed by atoms with Crippen LogP contribution in [0.1, 0.15) is 48.5 Å². The van der Waals surface area contributed by atoms with Gasteiger partial charge in [-0.1, -0.05) is 66.9 Å². The molecule has 0 rings (SSSR count). The van der Waals surface area contributed by atoms with E-state index in [1.807, 2.05) is 48.5 Å². The van der Waals surface area contributed by atoms with Gasteiger partial charge in [0.05, 0.1) is 6.61 Å². The molecule has 2 N–H and O–H groups in total. The van der Waals surface area contributed by atoms with Crippen LogP contribution in [0.2, 0.25) is 0 Å². The minimum atomic E-state index is 0.597. The first-order chi connectivity index (χ1) is 6.83. The molecule has 2 nitrogen and oxygen atoms in total. The van der Waals surface area contributed by atoms with Crippen molar-refractivity contribution < 1.29 is 4.84 Å². The number of nitrogens with two attached hydrogens (primary N) is 1. The number of hydrogen-bond acceptors (Lipinski definition) is 2. The van der Waals surface area contributed by atoms with Gasteiger partial charge in [-0.15, -0.1) is 0 Å². The summed E-state index contributed by atoms with van der Waals surface area (Å²) in [4.78, 5) is 4.04. The number of rotatable bonds is 2. The third-order valence-electron chi connectivity index (χ3n) is 0.333. The van der Waals surface area contributed by atoms with Crippen LogP contribution < -0.4 is 5.90 Å². The maximum Gasteiger partial charge on any atom is 0.0651 e. The summed E-state index contributed by atoms with van der Waals surface area (Å²) < 4.78 is 0. The minimum Gasteiger partial charge on any atom is -0.305 e. The van der Waals surface area contributed by atoms with E-state index in [-0.39, 0.29) is 0 Å². The van der Waals surface area contributed by atoms with Crippen LogP contribution in [0.3, 0.4) is 0 Å². The predicted octanol–water partition coefficient (Wildman–Crippen LogP) is 4.33. The quantitative estimate of drug-likeness (QED) is 0.538. The smallest absolute Gasteiger partial charge is 0.0651 e. The molecule has 0 fully saturated rings. The summed E-state index contributed by atoms with van der Waals surface area (Å²) in [7, 11) is 0. The molecule has 0 aromatic carbocycles. The molecule has 0 aromatic heterocycles. The van der Waals surface area contributed by atoms with Crippen LogP contribution >= 0.6 is 0 Å². The molecule has 0 aromatic rings. The largest absolute Gasteiger partial charge is 0.305 e. The fraction of sp³-hybridized carbons (Fsp3) is 0.667. The van der Waals surface area contributed by atoms with Crippen LogP contribution in [0, 0.1) is 0 Å². The molecule has 90 valence electrons. The van der Waals surface area contributed by atoms with Crippen molar-refractivity contribution in [3.05, 3.63) is 25.3 Å². The van der Waals surface area contributed by atoms with E-state index in [4.69, 9.17) is 0 Å². The van der Waals surface area contributed by atoms with Gasteiger partial charge in [0, 0.05) is 0 Å². The molecule has 0 unspecified atom stereocenters. The Morgan fingerprint density at radius 2 is 1.07 bits per heavy atom. The highest BCUT2D eigenvalue weighted by Crippen LogP contribution is 1.52. The van der Waals surface area contributed by atoms with Gasteiger partial charge in [-0.3, -0.25) is 0 Å². The summed E-state index contributed by atoms with van der Waals surface area (Å²) in [5, 5.41) is 0. The molecule has 2 heteroatoms. The van der Waals surface area contributed by atoms with E-state index in [1.165, 1.54) is 0 Å². The van der Waals surface area contributed by atoms with Crippen LogP contribution in [0.15, 0.2) is 25.3 Å². The predicted molar refractivity (Wildman–Crippen MR) is 70.3 cm³/mol. The summed E-state index contributed by atoms with van der Waals surface area (Å²) in [5.74, 6) is 4.53. The maximum atomic E-state index is 4.53. The second kappa shape index (κ2) is 139. The van der Waals surface area contributed by atoms with Gasteiger partial charge in [-0.25, -0.2) is 5.90 Å². The molecule has 14 heavy (non-hydrogen) atoms. The number of allylic oxidation sites excluding steroid dienone is 2. The van der Waals surface area contributed by atoms with Crippen LogP contribution in [0.5, 0.6) is 0 Å². The lowest BCUT2D eigenvalue weighted by Crippen LogP contribution is -1.94. The van der Waals surface area contributed by atoms with Crippen LogP contribution in [-0.2, 0) is 4.84 Å². The van der Waals surface area contributed by atoms with Gasteiger partial charge in [-0.05, 0) is 6.92 Å². The van der Waals surface area contributed by atoms with Crippen molar-refractivity contribution in [1.29, 1.82) is 0 Å². The van der Waals surface area contributed by atoms with Crippen molar-refractivity contribution in [2.45, 2.75) is 48.5 Å². The van der Waals surface area contributed by atoms with Crippen molar-refractivity contribution in [2.24, 2.45) is 5.90 Å². The molecular formula is C12H31NO. The summed E-state index contributed by atoms with van der Waals surface area (Å²) >= 11 is 0. The highest BCUT2D eigenvalue weighted by Gasteiger charge is 1.52. The first kappa shape index (κ1) is 29.2. The Bertz CT molecular complexity index is 46.3. The fourth-order valence-electron chi connectivity index (χ4n) is 0. The zero-order chi connectivity index (χ0) is 12.8. The first-order valence-electron chi connectivity index (χ1n) is 5.38. The van der Waals surface area contributed by atoms with Crippen molar-refractivity contribution in [3.8, 4) is 0 Å². The monoisotopic (exact) mass is 205 g/mol. The van der Waals surface area contributed by atoms with Crippen molar-refractivity contribution in [1.82, 2.24) is 0 Å². The van der Waals surface area contributed by atoms with Crippen LogP contribution in [-0.4, -0.2) is 6.61 Å². The van der Waals surface area contributed by atoms with Crippen molar-refractivity contribution >= 4 is 0 Å². The van der Waals surface area contributed by atoms with E-state index in [9.17, 15) is 0 Å². The molecule has 0 bridgehead atoms. The first-order valence-corrected chi connectivity index (χ1v) is 5.38. The molecule has 0 saturated carbocycles. The van der Waals surface area contributed by atoms with Gasteiger partial charge in [0.15, 0.2) is 0 Å². The average Bonchev–Trinajstić information content (AvgIpc) is 2.36. The van der Waals surface area contributed by atoms with Crippen molar-refractivity contribution in [3.63, 3.8) is 0 Å². The Morgan fingerprint density at radius 1 is 0.929 bits per heavy atom. The van der Waals surface area contributed by atoms with E-state index in [0.717, 1.165) is 0 Å². The molecule has 0 amide bonds. The lowest BCUT2D eigenvalue weighted by Gasteiger charge is -1.76. The fourth-order valence-corrected chi connectivity index (χ4v) is 0. The van der Waals surface area contributed by atoms with E-state index < -0.39 is 0 Å². The summed E-state index contributed by atoms with van der Waals surface area (Å²) in [5.41, 5.74) is 0. The normalized spacial score (nSPS) is 4.86. The Balaban J connectivity index is -0.0000000255. The van der Waals surface area contributed by atoms with Gasteiger partial charge in [0.25, 0.3) is 0 Å². The summed E-state index contributed by atoms with van der Waals surface area (Å²) in [6, 6.07) is 0. The second-order valence-corrected chi connectivity index (χ2v) is 0.927. The van der Waals surface area contributed by atoms with Gasteiger partial charge < -0.3 is 4.84 Å². The Labute approximate surface area is 91.8 Å². The molecule has 0 saturated heterocycles. The van der Waals surface area contributed by atoms with E-state index >= 15 is 0 Å². The molecular weight excluding hydrogens is 174 g/mol. The van der Waals surface area contributed by atoms with Gasteiger partial charge in [0.1, 0.15) is 0 Å². The Hall–Kier alpha value is -0.600. The van der Waals surface area contributed by atoms with Gasteiger partial charge in [0.2, 0.25) is 0 Å². The molecule has 0 aliphatic carbocycles. The second-order valence-electron chi connectivity index (χ2n) is 0.927. The highest BCUT2D eigenvalue weighted by molar-refractivity contribution is 4.88. The molecule has 0 aliphatic heterocycles. The van der Waals surface area contributed by atoms with Gasteiger partial charge >= 0.3 is 0 Å². The number of hydrogen-bond donors (Lipinski definition) is 1. The molecule has 0 radical (unpaired) electrons. The average molecular weight is 205 g/mol. The Kier molecular flexibility index (Phi) is 291. The standard InChI is InChI=1S/C4H6.C2H7NO.3C2H6/c1-3-4-2;1-2-4-3;3*1-2/h3-4H,1-2H2;2-3H2,1H3;3*1-2H3. The third-order valence-corrected chi connectivity index (χ3v) is 0.333. The topological polar surface area (TPSA) is 35.2 Å². The maximum absolute atomic E-state index is 4.53. The SMILES string of the molecule is C=CC=C.CC.CC.CC.CCON. The molecule has 0 heterocycles. The van der Waals surface area contributed by atoms with E-state index in [1.54, 1.807) is 12.2 Å². The summed E-state index contributed by atoms with van der Waals surface area (Å²) in [6.07, 6.45) is 3.28. The lowest BCUT2D eigenvalue weighted by atomic mass is 10.6. The minimum absolute atomic E-state index is 0.597. The van der Waals surface area contributed by atoms with Crippen LogP contribution in [0.4, 0.5) is 0 Å². The zero-order valence-electron chi connectivity index (χ0n) is 11.3. The lowest BCUT2D eigenvalue weighted by molar-refractivity contribution is 0.152. The third kappa shape index (κ3) is 629. The zero-order valence-corrected chi connectivity index (χ0v) is 11.3. The highest BCUT2D eigenvalue weighted by atomic mass is 16.6. The van der Waals surface area contributed by atoms with Crippen molar-refractivity contribution in [2.75, 3.05) is 6.61 Å².